The predicted octanol–water partition coefficient (Wildman–Crippen LogP) is 14.5. The van der Waals surface area contributed by atoms with E-state index in [-0.39, 0.29) is 12.5 Å². The second-order valence-corrected chi connectivity index (χ2v) is 19.3. The Morgan fingerprint density at radius 2 is 0.863 bits per heavy atom. The lowest BCUT2D eigenvalue weighted by Gasteiger charge is -2.40. The first kappa shape index (κ1) is 67.3. The van der Waals surface area contributed by atoms with E-state index >= 15 is 0 Å². The van der Waals surface area contributed by atoms with Gasteiger partial charge < -0.3 is 40.3 Å². The summed E-state index contributed by atoms with van der Waals surface area (Å²) in [7, 11) is 0. The third-order valence-electron chi connectivity index (χ3n) is 12.7. The van der Waals surface area contributed by atoms with Crippen molar-refractivity contribution in [2.24, 2.45) is 0 Å². The Labute approximate surface area is 445 Å². The van der Waals surface area contributed by atoms with Gasteiger partial charge in [-0.15, -0.1) is 0 Å². The third-order valence-corrected chi connectivity index (χ3v) is 12.7. The number of aliphatic hydroxyl groups excluding tert-OH is 5. The largest absolute Gasteiger partial charge is 0.394 e. The van der Waals surface area contributed by atoms with Gasteiger partial charge in [-0.25, -0.2) is 0 Å². The van der Waals surface area contributed by atoms with Crippen LogP contribution in [0.3, 0.4) is 0 Å². The molecule has 0 aromatic heterocycles. The number of aliphatic hydroxyl groups is 5. The molecule has 1 rings (SSSR count). The van der Waals surface area contributed by atoms with Gasteiger partial charge in [-0.05, 0) is 109 Å². The normalized spacial score (nSPS) is 20.1. The van der Waals surface area contributed by atoms with Crippen LogP contribution in [0.15, 0.2) is 134 Å². The van der Waals surface area contributed by atoms with Gasteiger partial charge in [-0.1, -0.05) is 225 Å². The highest BCUT2D eigenvalue weighted by Gasteiger charge is 2.44. The van der Waals surface area contributed by atoms with Crippen LogP contribution in [0.25, 0.3) is 0 Å². The van der Waals surface area contributed by atoms with E-state index in [0.717, 1.165) is 109 Å². The minimum absolute atomic E-state index is 0.200. The Morgan fingerprint density at radius 3 is 1.32 bits per heavy atom. The quantitative estimate of drug-likeness (QED) is 0.0261. The first-order chi connectivity index (χ1) is 35.8. The number of carbonyl (C=O) groups excluding carboxylic acids is 1. The smallest absolute Gasteiger partial charge is 0.220 e. The van der Waals surface area contributed by atoms with Crippen molar-refractivity contribution < 1.29 is 39.8 Å². The molecule has 0 aliphatic carbocycles. The molecule has 73 heavy (non-hydrogen) atoms. The fourth-order valence-corrected chi connectivity index (χ4v) is 8.14. The summed E-state index contributed by atoms with van der Waals surface area (Å²) in [5, 5.41) is 54.3. The molecule has 6 N–H and O–H groups in total. The fraction of sp³-hybridized carbons (Fsp3) is 0.641. The second kappa shape index (κ2) is 51.8. The molecule has 0 saturated carbocycles. The monoisotopic (exact) mass is 1020 g/mol. The van der Waals surface area contributed by atoms with Crippen LogP contribution in [0.5, 0.6) is 0 Å². The molecule has 0 aromatic carbocycles. The van der Waals surface area contributed by atoms with Crippen molar-refractivity contribution in [3.63, 3.8) is 0 Å². The SMILES string of the molecule is CC/C=C\C/C=C\C/C=C\C/C=C\C/C=C\C/C=C\C/C=C\C/C=C\CCCCCCCCCCCCCCC(=O)NC(COC1OC(CO)C(O)C(O)C1O)C(O)/C=C/CC/C=C/CC/C=C/CCCCC. The molecule has 9 heteroatoms. The summed E-state index contributed by atoms with van der Waals surface area (Å²) in [4.78, 5) is 13.0. The summed E-state index contributed by atoms with van der Waals surface area (Å²) in [6.07, 6.45) is 72.4. The van der Waals surface area contributed by atoms with Crippen molar-refractivity contribution in [1.29, 1.82) is 0 Å². The second-order valence-electron chi connectivity index (χ2n) is 19.3. The Hall–Kier alpha value is -3.67. The number of ether oxygens (including phenoxy) is 2. The highest BCUT2D eigenvalue weighted by molar-refractivity contribution is 5.76. The number of unbranched alkanes of at least 4 members (excludes halogenated alkanes) is 17. The van der Waals surface area contributed by atoms with Crippen LogP contribution in [-0.4, -0.2) is 87.5 Å². The number of hydrogen-bond donors (Lipinski definition) is 6. The molecule has 0 spiro atoms. The van der Waals surface area contributed by atoms with E-state index in [4.69, 9.17) is 9.47 Å². The van der Waals surface area contributed by atoms with Crippen molar-refractivity contribution in [1.82, 2.24) is 5.32 Å². The number of allylic oxidation sites excluding steroid dienone is 21. The summed E-state index contributed by atoms with van der Waals surface area (Å²) in [6.45, 7) is 3.59. The highest BCUT2D eigenvalue weighted by atomic mass is 16.7. The molecule has 1 saturated heterocycles. The van der Waals surface area contributed by atoms with Gasteiger partial charge in [0, 0.05) is 6.42 Å². The minimum atomic E-state index is -1.58. The zero-order valence-electron chi connectivity index (χ0n) is 45.8. The lowest BCUT2D eigenvalue weighted by Crippen LogP contribution is -2.60. The topological polar surface area (TPSA) is 149 Å². The van der Waals surface area contributed by atoms with Crippen molar-refractivity contribution >= 4 is 5.91 Å². The zero-order valence-corrected chi connectivity index (χ0v) is 45.8. The van der Waals surface area contributed by atoms with Crippen LogP contribution in [0, 0.1) is 0 Å². The molecule has 1 aliphatic heterocycles. The molecular formula is C64H105NO8. The maximum atomic E-state index is 13.0. The Bertz CT molecular complexity index is 1600. The lowest BCUT2D eigenvalue weighted by atomic mass is 9.99. The predicted molar refractivity (Wildman–Crippen MR) is 308 cm³/mol. The summed E-state index contributed by atoms with van der Waals surface area (Å²) < 4.78 is 11.2. The molecule has 7 unspecified atom stereocenters. The molecule has 1 fully saturated rings. The summed E-state index contributed by atoms with van der Waals surface area (Å²) in [5.41, 5.74) is 0. The van der Waals surface area contributed by atoms with Gasteiger partial charge in [0.1, 0.15) is 24.4 Å². The van der Waals surface area contributed by atoms with Crippen LogP contribution >= 0.6 is 0 Å². The molecule has 0 bridgehead atoms. The van der Waals surface area contributed by atoms with E-state index in [2.05, 4.69) is 141 Å². The van der Waals surface area contributed by atoms with Crippen molar-refractivity contribution in [3.05, 3.63) is 134 Å². The van der Waals surface area contributed by atoms with E-state index in [1.807, 2.05) is 6.08 Å². The van der Waals surface area contributed by atoms with Gasteiger partial charge in [0.2, 0.25) is 5.91 Å². The highest BCUT2D eigenvalue weighted by Crippen LogP contribution is 2.23. The molecule has 7 atom stereocenters. The van der Waals surface area contributed by atoms with Gasteiger partial charge in [0.25, 0.3) is 0 Å². The number of hydrogen-bond acceptors (Lipinski definition) is 8. The molecule has 1 aliphatic rings. The van der Waals surface area contributed by atoms with E-state index in [0.29, 0.717) is 6.42 Å². The van der Waals surface area contributed by atoms with Crippen LogP contribution in [-0.2, 0) is 14.3 Å². The van der Waals surface area contributed by atoms with E-state index < -0.39 is 49.5 Å². The Kier molecular flexibility index (Phi) is 47.8. The third kappa shape index (κ3) is 41.3. The zero-order chi connectivity index (χ0) is 52.9. The fourth-order valence-electron chi connectivity index (χ4n) is 8.14. The van der Waals surface area contributed by atoms with Crippen molar-refractivity contribution in [3.8, 4) is 0 Å². The Balaban J connectivity index is 2.16. The van der Waals surface area contributed by atoms with Crippen LogP contribution in [0.2, 0.25) is 0 Å². The first-order valence-corrected chi connectivity index (χ1v) is 28.9. The van der Waals surface area contributed by atoms with Gasteiger partial charge in [-0.2, -0.15) is 0 Å². The molecule has 0 radical (unpaired) electrons. The molecule has 1 amide bonds. The maximum Gasteiger partial charge on any atom is 0.220 e. The van der Waals surface area contributed by atoms with Crippen LogP contribution in [0.4, 0.5) is 0 Å². The van der Waals surface area contributed by atoms with Crippen molar-refractivity contribution in [2.45, 2.75) is 249 Å². The molecule has 414 valence electrons. The van der Waals surface area contributed by atoms with Crippen molar-refractivity contribution in [2.75, 3.05) is 13.2 Å². The number of nitrogens with one attached hydrogen (secondary N) is 1. The average molecular weight is 1020 g/mol. The minimum Gasteiger partial charge on any atom is -0.394 e. The maximum absolute atomic E-state index is 13.0. The summed E-state index contributed by atoms with van der Waals surface area (Å²) in [5.74, 6) is -0.200. The average Bonchev–Trinajstić information content (AvgIpc) is 3.39. The van der Waals surface area contributed by atoms with Gasteiger partial charge in [0.05, 0.1) is 25.4 Å². The lowest BCUT2D eigenvalue weighted by molar-refractivity contribution is -0.302. The van der Waals surface area contributed by atoms with E-state index in [1.54, 1.807) is 6.08 Å². The van der Waals surface area contributed by atoms with Crippen LogP contribution < -0.4 is 5.32 Å². The summed E-state index contributed by atoms with van der Waals surface area (Å²) in [6, 6.07) is -0.837. The molecular weight excluding hydrogens is 911 g/mol. The van der Waals surface area contributed by atoms with E-state index in [1.165, 1.54) is 77.0 Å². The summed E-state index contributed by atoms with van der Waals surface area (Å²) >= 11 is 0. The molecule has 0 aromatic rings. The number of amides is 1. The number of rotatable bonds is 47. The van der Waals surface area contributed by atoms with Crippen LogP contribution in [0.1, 0.15) is 206 Å². The first-order valence-electron chi connectivity index (χ1n) is 28.9. The standard InChI is InChI=1S/C64H105NO8/c1-3-5-7-9-11-13-15-17-18-19-20-21-22-23-24-25-26-27-28-29-30-31-32-33-34-35-36-37-38-39-40-42-44-46-48-50-52-54-60(68)65-57(56-72-64-63(71)62(70)61(69)59(55-66)73-64)58(67)53-51-49-47-45-43-41-16-14-12-10-8-6-4-2/h5,7,11-14,17-18,20-21,23-24,26-27,29-30,32-33,43,45,51,53,57-59,61-64,66-67,69-71H,3-4,6,8-10,15-16,19,22,25,28,31,34-42,44,46-50,52,54-56H2,1-2H3,(H,65,68)/b7-5-,13-11-,14-12+,18-17-,21-20-,24-23-,27-26-,30-29-,33-32-,45-43+,53-51+. The molecule has 1 heterocycles. The van der Waals surface area contributed by atoms with Gasteiger partial charge >= 0.3 is 0 Å². The van der Waals surface area contributed by atoms with E-state index in [9.17, 15) is 30.3 Å². The van der Waals surface area contributed by atoms with Gasteiger partial charge in [0.15, 0.2) is 6.29 Å². The van der Waals surface area contributed by atoms with Gasteiger partial charge in [-0.3, -0.25) is 4.79 Å². The molecule has 9 nitrogen and oxygen atoms in total. The Morgan fingerprint density at radius 1 is 0.479 bits per heavy atom. The number of carbonyl (C=O) groups is 1.